The molecule has 7 heteroatoms. The number of ether oxygens (including phenoxy) is 1. The zero-order valence-corrected chi connectivity index (χ0v) is 17.8. The molecule has 2 atom stereocenters. The molecule has 0 spiro atoms. The third-order valence-corrected chi connectivity index (χ3v) is 8.61. The van der Waals surface area contributed by atoms with Crippen LogP contribution in [0.5, 0.6) is 0 Å². The standard InChI is InChI=1S/C20H36N2O4S/c1-14(2)16-6-8-17(9-7-16)26-13-20-19(5-4-12-22(20)15(3)23)21-27(24,25)18-10-11-18/h14,16-21H,4-13H2,1-3H3/t16?,17?,19-,20-/m0/s1. The summed E-state index contributed by atoms with van der Waals surface area (Å²) in [6, 6.07) is -0.437. The summed E-state index contributed by atoms with van der Waals surface area (Å²) >= 11 is 0. The number of rotatable bonds is 7. The van der Waals surface area contributed by atoms with Crippen molar-refractivity contribution >= 4 is 15.9 Å². The predicted octanol–water partition coefficient (Wildman–Crippen LogP) is 2.68. The van der Waals surface area contributed by atoms with Gasteiger partial charge in [0, 0.05) is 19.5 Å². The lowest BCUT2D eigenvalue weighted by molar-refractivity contribution is -0.136. The summed E-state index contributed by atoms with van der Waals surface area (Å²) in [6.07, 6.45) is 7.84. The highest BCUT2D eigenvalue weighted by Gasteiger charge is 2.41. The van der Waals surface area contributed by atoms with Crippen molar-refractivity contribution in [1.29, 1.82) is 0 Å². The van der Waals surface area contributed by atoms with E-state index in [-0.39, 0.29) is 29.3 Å². The van der Waals surface area contributed by atoms with Gasteiger partial charge in [-0.15, -0.1) is 0 Å². The Hall–Kier alpha value is -0.660. The van der Waals surface area contributed by atoms with E-state index in [1.807, 2.05) is 4.90 Å². The van der Waals surface area contributed by atoms with Crippen molar-refractivity contribution in [2.75, 3.05) is 13.2 Å². The van der Waals surface area contributed by atoms with Crippen molar-refractivity contribution in [2.24, 2.45) is 11.8 Å². The fraction of sp³-hybridized carbons (Fsp3) is 0.950. The lowest BCUT2D eigenvalue weighted by Crippen LogP contribution is -2.59. The second-order valence-corrected chi connectivity index (χ2v) is 11.0. The Morgan fingerprint density at radius 2 is 1.78 bits per heavy atom. The average Bonchev–Trinajstić information content (AvgIpc) is 3.46. The minimum absolute atomic E-state index is 0.00226. The first-order valence-corrected chi connectivity index (χ1v) is 12.2. The topological polar surface area (TPSA) is 75.7 Å². The maximum Gasteiger partial charge on any atom is 0.219 e. The molecule has 2 aliphatic carbocycles. The van der Waals surface area contributed by atoms with Crippen LogP contribution in [-0.4, -0.2) is 55.8 Å². The average molecular weight is 401 g/mol. The molecule has 1 N–H and O–H groups in total. The van der Waals surface area contributed by atoms with Crippen molar-refractivity contribution in [3.8, 4) is 0 Å². The Bertz CT molecular complexity index is 609. The first-order valence-electron chi connectivity index (χ1n) is 10.7. The molecule has 1 heterocycles. The van der Waals surface area contributed by atoms with Crippen LogP contribution in [0.4, 0.5) is 0 Å². The highest BCUT2D eigenvalue weighted by molar-refractivity contribution is 7.90. The second kappa shape index (κ2) is 8.78. The van der Waals surface area contributed by atoms with Gasteiger partial charge < -0.3 is 9.64 Å². The second-order valence-electron chi connectivity index (χ2n) is 9.00. The predicted molar refractivity (Wildman–Crippen MR) is 106 cm³/mol. The van der Waals surface area contributed by atoms with Gasteiger partial charge >= 0.3 is 0 Å². The van der Waals surface area contributed by atoms with Crippen LogP contribution in [0.15, 0.2) is 0 Å². The van der Waals surface area contributed by atoms with Gasteiger partial charge in [-0.3, -0.25) is 4.79 Å². The van der Waals surface area contributed by atoms with Gasteiger partial charge in [0.15, 0.2) is 0 Å². The molecule has 1 saturated heterocycles. The van der Waals surface area contributed by atoms with Crippen LogP contribution in [0.25, 0.3) is 0 Å². The van der Waals surface area contributed by atoms with Crippen LogP contribution in [0.1, 0.15) is 72.1 Å². The Morgan fingerprint density at radius 1 is 1.11 bits per heavy atom. The van der Waals surface area contributed by atoms with Gasteiger partial charge in [-0.2, -0.15) is 0 Å². The molecule has 27 heavy (non-hydrogen) atoms. The van der Waals surface area contributed by atoms with Crippen LogP contribution in [0.3, 0.4) is 0 Å². The van der Waals surface area contributed by atoms with E-state index >= 15 is 0 Å². The highest BCUT2D eigenvalue weighted by atomic mass is 32.2. The maximum absolute atomic E-state index is 12.4. The normalized spacial score (nSPS) is 32.7. The lowest BCUT2D eigenvalue weighted by atomic mass is 9.80. The molecule has 0 radical (unpaired) electrons. The Labute approximate surface area is 164 Å². The van der Waals surface area contributed by atoms with Gasteiger partial charge in [0.1, 0.15) is 0 Å². The quantitative estimate of drug-likeness (QED) is 0.713. The van der Waals surface area contributed by atoms with Gasteiger partial charge in [0.05, 0.1) is 24.0 Å². The molecule has 0 unspecified atom stereocenters. The minimum atomic E-state index is -3.27. The zero-order valence-electron chi connectivity index (χ0n) is 17.0. The van der Waals surface area contributed by atoms with E-state index in [9.17, 15) is 13.2 Å². The number of carbonyl (C=O) groups excluding carboxylic acids is 1. The highest BCUT2D eigenvalue weighted by Crippen LogP contribution is 2.32. The first kappa shape index (κ1) is 21.1. The number of nitrogens with zero attached hydrogens (tertiary/aromatic N) is 1. The Kier molecular flexibility index (Phi) is 6.85. The molecule has 3 aliphatic rings. The summed E-state index contributed by atoms with van der Waals surface area (Å²) in [5, 5.41) is -0.238. The number of hydrogen-bond acceptors (Lipinski definition) is 4. The molecule has 156 valence electrons. The van der Waals surface area contributed by atoms with Crippen LogP contribution < -0.4 is 4.72 Å². The molecule has 2 saturated carbocycles. The minimum Gasteiger partial charge on any atom is -0.376 e. The van der Waals surface area contributed by atoms with Crippen molar-refractivity contribution in [1.82, 2.24) is 9.62 Å². The van der Waals surface area contributed by atoms with Crippen molar-refractivity contribution < 1.29 is 17.9 Å². The van der Waals surface area contributed by atoms with Crippen molar-refractivity contribution in [2.45, 2.75) is 95.6 Å². The number of likely N-dealkylation sites (tertiary alicyclic amines) is 1. The zero-order chi connectivity index (χ0) is 19.6. The van der Waals surface area contributed by atoms with E-state index in [4.69, 9.17) is 4.74 Å². The summed E-state index contributed by atoms with van der Waals surface area (Å²) in [6.45, 7) is 7.25. The van der Waals surface area contributed by atoms with E-state index in [0.29, 0.717) is 13.2 Å². The van der Waals surface area contributed by atoms with Crippen molar-refractivity contribution in [3.05, 3.63) is 0 Å². The molecule has 0 aromatic heterocycles. The van der Waals surface area contributed by atoms with E-state index < -0.39 is 10.0 Å². The summed E-state index contributed by atoms with van der Waals surface area (Å²) in [4.78, 5) is 13.9. The van der Waals surface area contributed by atoms with E-state index in [2.05, 4.69) is 18.6 Å². The smallest absolute Gasteiger partial charge is 0.219 e. The third kappa shape index (κ3) is 5.45. The number of amides is 1. The fourth-order valence-electron chi connectivity index (χ4n) is 4.63. The van der Waals surface area contributed by atoms with Gasteiger partial charge in [0.25, 0.3) is 0 Å². The molecule has 0 aromatic rings. The van der Waals surface area contributed by atoms with Gasteiger partial charge in [-0.05, 0) is 63.2 Å². The molecule has 1 amide bonds. The number of hydrogen-bond donors (Lipinski definition) is 1. The third-order valence-electron chi connectivity index (χ3n) is 6.63. The van der Waals surface area contributed by atoms with Gasteiger partial charge in [0.2, 0.25) is 15.9 Å². The monoisotopic (exact) mass is 400 g/mol. The van der Waals surface area contributed by atoms with Crippen LogP contribution in [0, 0.1) is 11.8 Å². The van der Waals surface area contributed by atoms with E-state index in [0.717, 1.165) is 50.4 Å². The molecular weight excluding hydrogens is 364 g/mol. The fourth-order valence-corrected chi connectivity index (χ4v) is 6.28. The van der Waals surface area contributed by atoms with Crippen molar-refractivity contribution in [3.63, 3.8) is 0 Å². The van der Waals surface area contributed by atoms with E-state index in [1.165, 1.54) is 12.8 Å². The molecule has 0 aromatic carbocycles. The summed E-state index contributed by atoms with van der Waals surface area (Å²) in [7, 11) is -3.27. The molecule has 1 aliphatic heterocycles. The summed E-state index contributed by atoms with van der Waals surface area (Å²) in [5.74, 6) is 1.51. The number of sulfonamides is 1. The van der Waals surface area contributed by atoms with Crippen LogP contribution in [0.2, 0.25) is 0 Å². The van der Waals surface area contributed by atoms with E-state index in [1.54, 1.807) is 6.92 Å². The SMILES string of the molecule is CC(=O)N1CCC[C@H](NS(=O)(=O)C2CC2)[C@@H]1COC1CCC(C(C)C)CC1. The summed E-state index contributed by atoms with van der Waals surface area (Å²) < 4.78 is 34.0. The number of carbonyl (C=O) groups is 1. The van der Waals surface area contributed by atoms with Gasteiger partial charge in [-0.25, -0.2) is 13.1 Å². The lowest BCUT2D eigenvalue weighted by Gasteiger charge is -2.42. The maximum atomic E-state index is 12.4. The molecule has 3 fully saturated rings. The Morgan fingerprint density at radius 3 is 2.33 bits per heavy atom. The molecule has 6 nitrogen and oxygen atoms in total. The largest absolute Gasteiger partial charge is 0.376 e. The number of piperidine rings is 1. The van der Waals surface area contributed by atoms with Gasteiger partial charge in [-0.1, -0.05) is 13.8 Å². The Balaban J connectivity index is 1.60. The molecular formula is C20H36N2O4S. The number of nitrogens with one attached hydrogen (secondary N) is 1. The first-order chi connectivity index (χ1) is 12.8. The molecule has 3 rings (SSSR count). The van der Waals surface area contributed by atoms with Crippen LogP contribution >= 0.6 is 0 Å². The molecule has 0 bridgehead atoms. The summed E-state index contributed by atoms with van der Waals surface area (Å²) in [5.41, 5.74) is 0. The van der Waals surface area contributed by atoms with Crippen LogP contribution in [-0.2, 0) is 19.6 Å².